The molecule has 0 bridgehead atoms. The zero-order valence-electron chi connectivity index (χ0n) is 8.05. The minimum atomic E-state index is 1.12. The Morgan fingerprint density at radius 2 is 2.31 bits per heavy atom. The summed E-state index contributed by atoms with van der Waals surface area (Å²) in [6.45, 7) is 6.80. The zero-order valence-corrected chi connectivity index (χ0v) is 8.86. The van der Waals surface area contributed by atoms with Crippen molar-refractivity contribution in [1.29, 1.82) is 0 Å². The van der Waals surface area contributed by atoms with Gasteiger partial charge in [0.2, 0.25) is 0 Å². The second-order valence-corrected chi connectivity index (χ2v) is 4.62. The van der Waals surface area contributed by atoms with Crippen molar-refractivity contribution in [3.8, 4) is 0 Å². The maximum atomic E-state index is 3.42. The van der Waals surface area contributed by atoms with E-state index < -0.39 is 0 Å². The molecule has 1 aromatic rings. The molecular weight excluding hydrogens is 180 g/mol. The first kappa shape index (κ1) is 9.03. The van der Waals surface area contributed by atoms with E-state index in [-0.39, 0.29) is 0 Å². The topological polar surface area (TPSA) is 15.3 Å². The fraction of sp³-hybridized carbons (Fsp3) is 0.600. The van der Waals surface area contributed by atoms with E-state index in [0.29, 0.717) is 0 Å². The van der Waals surface area contributed by atoms with Gasteiger partial charge in [0.05, 0.1) is 0 Å². The Bertz CT molecular complexity index is 262. The first-order valence-corrected chi connectivity index (χ1v) is 5.75. The highest BCUT2D eigenvalue weighted by Crippen LogP contribution is 2.22. The maximum absolute atomic E-state index is 3.42. The fourth-order valence-corrected chi connectivity index (χ4v) is 2.41. The Morgan fingerprint density at radius 3 is 3.08 bits per heavy atom. The number of nitrogens with zero attached hydrogens (tertiary/aromatic N) is 1. The van der Waals surface area contributed by atoms with Crippen LogP contribution in [0.25, 0.3) is 0 Å². The fourth-order valence-electron chi connectivity index (χ4n) is 1.70. The van der Waals surface area contributed by atoms with Crippen molar-refractivity contribution in [2.45, 2.75) is 13.3 Å². The Kier molecular flexibility index (Phi) is 2.86. The number of aryl methyl sites for hydroxylation is 1. The third kappa shape index (κ3) is 2.23. The van der Waals surface area contributed by atoms with Crippen LogP contribution in [0.2, 0.25) is 0 Å². The molecule has 1 saturated heterocycles. The van der Waals surface area contributed by atoms with Gasteiger partial charge in [0, 0.05) is 35.6 Å². The lowest BCUT2D eigenvalue weighted by molar-refractivity contribution is 0.724. The Labute approximate surface area is 83.6 Å². The number of hydrogen-bond acceptors (Lipinski definition) is 3. The van der Waals surface area contributed by atoms with E-state index >= 15 is 0 Å². The first-order valence-electron chi connectivity index (χ1n) is 4.87. The third-order valence-corrected chi connectivity index (χ3v) is 3.27. The lowest BCUT2D eigenvalue weighted by Crippen LogP contribution is -2.27. The van der Waals surface area contributed by atoms with Crippen LogP contribution in [-0.4, -0.2) is 26.2 Å². The summed E-state index contributed by atoms with van der Waals surface area (Å²) in [5, 5.41) is 5.68. The molecule has 0 aliphatic carbocycles. The summed E-state index contributed by atoms with van der Waals surface area (Å²) in [5.41, 5.74) is 1.41. The van der Waals surface area contributed by atoms with Gasteiger partial charge in [-0.1, -0.05) is 0 Å². The van der Waals surface area contributed by atoms with Gasteiger partial charge >= 0.3 is 0 Å². The number of rotatable bonds is 1. The summed E-state index contributed by atoms with van der Waals surface area (Å²) in [5.74, 6) is 0. The van der Waals surface area contributed by atoms with Gasteiger partial charge in [0.25, 0.3) is 0 Å². The molecule has 1 N–H and O–H groups in total. The summed E-state index contributed by atoms with van der Waals surface area (Å²) in [4.78, 5) is 3.89. The highest BCUT2D eigenvalue weighted by molar-refractivity contribution is 7.10. The molecule has 1 aliphatic heterocycles. The molecular formula is C10H16N2S. The molecule has 0 spiro atoms. The molecule has 0 saturated carbocycles. The molecule has 0 amide bonds. The minimum Gasteiger partial charge on any atom is -0.370 e. The summed E-state index contributed by atoms with van der Waals surface area (Å²) >= 11 is 1.84. The van der Waals surface area contributed by atoms with Gasteiger partial charge in [-0.05, 0) is 26.0 Å². The van der Waals surface area contributed by atoms with Crippen LogP contribution in [0.3, 0.4) is 0 Å². The Balaban J connectivity index is 2.06. The van der Waals surface area contributed by atoms with Gasteiger partial charge in [-0.15, -0.1) is 11.3 Å². The largest absolute Gasteiger partial charge is 0.370 e. The van der Waals surface area contributed by atoms with Crippen LogP contribution in [0.4, 0.5) is 5.69 Å². The van der Waals surface area contributed by atoms with Crippen LogP contribution in [0.15, 0.2) is 11.4 Å². The first-order chi connectivity index (χ1) is 6.36. The summed E-state index contributed by atoms with van der Waals surface area (Å²) in [6, 6.07) is 2.29. The van der Waals surface area contributed by atoms with Crippen molar-refractivity contribution < 1.29 is 0 Å². The van der Waals surface area contributed by atoms with Gasteiger partial charge in [-0.25, -0.2) is 0 Å². The predicted octanol–water partition coefficient (Wildman–Crippen LogP) is 1.86. The normalized spacial score (nSPS) is 18.7. The van der Waals surface area contributed by atoms with Crippen molar-refractivity contribution in [2.75, 3.05) is 31.1 Å². The molecule has 72 valence electrons. The lowest BCUT2D eigenvalue weighted by atomic mass is 10.3. The van der Waals surface area contributed by atoms with E-state index in [4.69, 9.17) is 0 Å². The van der Waals surface area contributed by atoms with E-state index in [1.54, 1.807) is 0 Å². The van der Waals surface area contributed by atoms with Crippen LogP contribution >= 0.6 is 11.3 Å². The second kappa shape index (κ2) is 4.11. The molecule has 0 aromatic carbocycles. The van der Waals surface area contributed by atoms with E-state index in [9.17, 15) is 0 Å². The molecule has 13 heavy (non-hydrogen) atoms. The van der Waals surface area contributed by atoms with Crippen LogP contribution in [0, 0.1) is 6.92 Å². The average Bonchev–Trinajstić information content (AvgIpc) is 2.43. The third-order valence-electron chi connectivity index (χ3n) is 2.42. The van der Waals surface area contributed by atoms with Crippen LogP contribution in [-0.2, 0) is 0 Å². The van der Waals surface area contributed by atoms with E-state index in [1.165, 1.54) is 30.1 Å². The van der Waals surface area contributed by atoms with Gasteiger partial charge in [-0.2, -0.15) is 0 Å². The number of anilines is 1. The van der Waals surface area contributed by atoms with Crippen LogP contribution in [0.5, 0.6) is 0 Å². The lowest BCUT2D eigenvalue weighted by Gasteiger charge is -2.20. The molecule has 0 radical (unpaired) electrons. The van der Waals surface area contributed by atoms with E-state index in [2.05, 4.69) is 28.6 Å². The highest BCUT2D eigenvalue weighted by Gasteiger charge is 2.09. The highest BCUT2D eigenvalue weighted by atomic mass is 32.1. The predicted molar refractivity (Wildman–Crippen MR) is 58.8 cm³/mol. The maximum Gasteiger partial charge on any atom is 0.0478 e. The summed E-state index contributed by atoms with van der Waals surface area (Å²) in [6.07, 6.45) is 1.26. The quantitative estimate of drug-likeness (QED) is 0.737. The van der Waals surface area contributed by atoms with Gasteiger partial charge in [0.1, 0.15) is 0 Å². The zero-order chi connectivity index (χ0) is 9.10. The second-order valence-electron chi connectivity index (χ2n) is 3.51. The monoisotopic (exact) mass is 196 g/mol. The summed E-state index contributed by atoms with van der Waals surface area (Å²) < 4.78 is 0. The molecule has 0 atom stereocenters. The smallest absolute Gasteiger partial charge is 0.0478 e. The van der Waals surface area contributed by atoms with Gasteiger partial charge < -0.3 is 10.2 Å². The summed E-state index contributed by atoms with van der Waals surface area (Å²) in [7, 11) is 0. The van der Waals surface area contributed by atoms with Crippen molar-refractivity contribution >= 4 is 17.0 Å². The standard InChI is InChI=1S/C10H16N2S/c1-9-7-10(8-13-9)12-5-2-3-11-4-6-12/h7-8,11H,2-6H2,1H3. The van der Waals surface area contributed by atoms with E-state index in [1.807, 2.05) is 11.3 Å². The number of thiophene rings is 1. The Hall–Kier alpha value is -0.540. The number of nitrogens with one attached hydrogen (secondary N) is 1. The molecule has 2 heterocycles. The minimum absolute atomic E-state index is 1.12. The number of hydrogen-bond donors (Lipinski definition) is 1. The van der Waals surface area contributed by atoms with E-state index in [0.717, 1.165) is 13.1 Å². The average molecular weight is 196 g/mol. The van der Waals surface area contributed by atoms with Crippen LogP contribution in [0.1, 0.15) is 11.3 Å². The molecule has 0 unspecified atom stereocenters. The Morgan fingerprint density at radius 1 is 1.38 bits per heavy atom. The molecule has 2 rings (SSSR count). The molecule has 2 nitrogen and oxygen atoms in total. The molecule has 1 fully saturated rings. The van der Waals surface area contributed by atoms with Gasteiger partial charge in [-0.3, -0.25) is 0 Å². The van der Waals surface area contributed by atoms with Crippen LogP contribution < -0.4 is 10.2 Å². The molecule has 1 aliphatic rings. The van der Waals surface area contributed by atoms with Crippen molar-refractivity contribution in [3.05, 3.63) is 16.3 Å². The molecule has 3 heteroatoms. The SMILES string of the molecule is Cc1cc(N2CCCNCC2)cs1. The van der Waals surface area contributed by atoms with Gasteiger partial charge in [0.15, 0.2) is 0 Å². The molecule has 1 aromatic heterocycles. The van der Waals surface area contributed by atoms with Crippen molar-refractivity contribution in [1.82, 2.24) is 5.32 Å². The van der Waals surface area contributed by atoms with Crippen molar-refractivity contribution in [2.24, 2.45) is 0 Å². The van der Waals surface area contributed by atoms with Crippen molar-refractivity contribution in [3.63, 3.8) is 0 Å².